The number of carbonyl (C=O) groups is 1. The van der Waals surface area contributed by atoms with Crippen LogP contribution in [0.3, 0.4) is 0 Å². The molecule has 1 aromatic carbocycles. The van der Waals surface area contributed by atoms with Crippen LogP contribution in [-0.4, -0.2) is 62.1 Å². The van der Waals surface area contributed by atoms with Crippen molar-refractivity contribution in [1.82, 2.24) is 0 Å². The van der Waals surface area contributed by atoms with Gasteiger partial charge in [-0.15, -0.1) is 0 Å². The number of hydrogen-bond donors (Lipinski definition) is 2. The van der Waals surface area contributed by atoms with E-state index in [9.17, 15) is 15.0 Å². The molecule has 4 aliphatic rings. The first-order chi connectivity index (χ1) is 17.3. The van der Waals surface area contributed by atoms with Crippen molar-refractivity contribution in [3.8, 4) is 5.75 Å². The van der Waals surface area contributed by atoms with Gasteiger partial charge in [0.05, 0.1) is 12.2 Å². The monoisotopic (exact) mass is 532 g/mol. The topological polar surface area (TPSA) is 97.8 Å². The number of ether oxygens (including phenoxy) is 3. The van der Waals surface area contributed by atoms with Gasteiger partial charge in [-0.25, -0.2) is 0 Å². The number of methoxy groups -OCH3 is 1. The van der Waals surface area contributed by atoms with E-state index in [4.69, 9.17) is 18.6 Å². The average Bonchev–Trinajstić information content (AvgIpc) is 3.43. The minimum Gasteiger partial charge on any atom is -0.467 e. The lowest BCUT2D eigenvalue weighted by atomic mass is 9.56. The van der Waals surface area contributed by atoms with Crippen molar-refractivity contribution in [2.45, 2.75) is 107 Å². The summed E-state index contributed by atoms with van der Waals surface area (Å²) < 4.78 is 24.6. The highest BCUT2D eigenvalue weighted by atomic mass is 28.4. The summed E-state index contributed by atoms with van der Waals surface area (Å²) in [7, 11) is -0.779. The molecule has 0 spiro atoms. The van der Waals surface area contributed by atoms with E-state index >= 15 is 0 Å². The van der Waals surface area contributed by atoms with Crippen molar-refractivity contribution >= 4 is 14.1 Å². The molecule has 1 saturated heterocycles. The van der Waals surface area contributed by atoms with Crippen LogP contribution < -0.4 is 4.74 Å². The molecule has 1 aromatic rings. The average molecular weight is 533 g/mol. The number of Topliss-reactive ketones (excluding diaryl/α,β-unsaturated/α-hetero) is 1. The van der Waals surface area contributed by atoms with Gasteiger partial charge < -0.3 is 28.8 Å². The Balaban J connectivity index is 1.61. The molecule has 8 heteroatoms. The molecule has 2 N–H and O–H groups in total. The normalized spacial score (nSPS) is 38.5. The maximum Gasteiger partial charge on any atom is 0.200 e. The zero-order chi connectivity index (χ0) is 27.1. The second kappa shape index (κ2) is 9.13. The van der Waals surface area contributed by atoms with Gasteiger partial charge in [-0.3, -0.25) is 4.79 Å². The van der Waals surface area contributed by atoms with Crippen molar-refractivity contribution in [3.63, 3.8) is 0 Å². The summed E-state index contributed by atoms with van der Waals surface area (Å²) in [6.07, 6.45) is -1.01. The number of epoxide rings is 1. The number of rotatable bonds is 8. The van der Waals surface area contributed by atoms with E-state index < -0.39 is 31.5 Å². The summed E-state index contributed by atoms with van der Waals surface area (Å²) in [5.74, 6) is -0.507. The quantitative estimate of drug-likeness (QED) is 0.292. The van der Waals surface area contributed by atoms with Crippen LogP contribution in [0, 0.1) is 17.8 Å². The molecule has 37 heavy (non-hydrogen) atoms. The number of ketones is 1. The van der Waals surface area contributed by atoms with Gasteiger partial charge in [0.15, 0.2) is 18.2 Å². The van der Waals surface area contributed by atoms with Gasteiger partial charge in [0.2, 0.25) is 8.32 Å². The van der Waals surface area contributed by atoms with Gasteiger partial charge in [0, 0.05) is 30.4 Å². The first kappa shape index (κ1) is 27.3. The van der Waals surface area contributed by atoms with Gasteiger partial charge in [0.1, 0.15) is 17.5 Å². The van der Waals surface area contributed by atoms with Crippen LogP contribution in [0.15, 0.2) is 18.2 Å². The van der Waals surface area contributed by atoms with Crippen molar-refractivity contribution in [1.29, 1.82) is 0 Å². The van der Waals surface area contributed by atoms with E-state index in [2.05, 4.69) is 41.5 Å². The molecule has 2 unspecified atom stereocenters. The second-order valence-corrected chi connectivity index (χ2v) is 18.2. The number of hydrogen-bond acceptors (Lipinski definition) is 7. The Bertz CT molecular complexity index is 1030. The molecule has 7 nitrogen and oxygen atoms in total. The molecule has 3 aliphatic carbocycles. The summed E-state index contributed by atoms with van der Waals surface area (Å²) in [4.78, 5) is 13.8. The highest BCUT2D eigenvalue weighted by Gasteiger charge is 2.75. The van der Waals surface area contributed by atoms with E-state index in [1.54, 1.807) is 7.11 Å². The minimum atomic E-state index is -2.33. The van der Waals surface area contributed by atoms with Crippen molar-refractivity contribution in [2.75, 3.05) is 13.9 Å². The molecular weight excluding hydrogens is 488 g/mol. The fourth-order valence-corrected chi connectivity index (χ4v) is 14.2. The lowest BCUT2D eigenvalue weighted by Gasteiger charge is -2.54. The van der Waals surface area contributed by atoms with Crippen LogP contribution in [0.1, 0.15) is 66.0 Å². The van der Waals surface area contributed by atoms with E-state index in [1.165, 1.54) is 0 Å². The predicted octanol–water partition coefficient (Wildman–Crippen LogP) is 4.33. The summed E-state index contributed by atoms with van der Waals surface area (Å²) >= 11 is 0. The third-order valence-corrected chi connectivity index (χ3v) is 16.3. The molecule has 0 radical (unpaired) electrons. The standard InChI is InChI=1S/C29H44O7Si/c1-15(2)37(16(3)4,17(5)6)36-25-23-19(26(31)28(7)27(25)35-28)13-22(30)29(32)20(23)12-18-10-9-11-21(24(18)29)34-14-33-8/h9-11,15-17,19-20,22-23,25,27,30,32H,12-14H2,1-8H3/t19-,20+,22?,23-,25-,27+,28-,29?/m1/s1. The van der Waals surface area contributed by atoms with Gasteiger partial charge in [-0.2, -0.15) is 0 Å². The van der Waals surface area contributed by atoms with E-state index in [0.717, 1.165) is 5.56 Å². The largest absolute Gasteiger partial charge is 0.467 e. The van der Waals surface area contributed by atoms with Gasteiger partial charge in [-0.05, 0) is 48.0 Å². The Labute approximate surface area is 222 Å². The third-order valence-electron chi connectivity index (χ3n) is 10.2. The molecule has 1 aliphatic heterocycles. The Morgan fingerprint density at radius 3 is 2.38 bits per heavy atom. The fraction of sp³-hybridized carbons (Fsp3) is 0.759. The number of fused-ring (bicyclic) bond motifs is 6. The molecule has 1 heterocycles. The maximum absolute atomic E-state index is 13.8. The van der Waals surface area contributed by atoms with Crippen LogP contribution in [0.4, 0.5) is 0 Å². The molecule has 8 atom stereocenters. The molecule has 2 saturated carbocycles. The molecule has 206 valence electrons. The van der Waals surface area contributed by atoms with Crippen molar-refractivity contribution in [3.05, 3.63) is 29.3 Å². The lowest BCUT2D eigenvalue weighted by molar-refractivity contribution is -0.192. The van der Waals surface area contributed by atoms with Gasteiger partial charge >= 0.3 is 0 Å². The first-order valence-electron chi connectivity index (χ1n) is 13.9. The van der Waals surface area contributed by atoms with E-state index in [0.29, 0.717) is 34.4 Å². The van der Waals surface area contributed by atoms with Crippen LogP contribution in [0.25, 0.3) is 0 Å². The summed E-state index contributed by atoms with van der Waals surface area (Å²) in [5.41, 5.74) is 0.272. The number of aliphatic hydroxyl groups excluding tert-OH is 1. The predicted molar refractivity (Wildman–Crippen MR) is 142 cm³/mol. The maximum atomic E-state index is 13.8. The van der Waals surface area contributed by atoms with E-state index in [1.807, 2.05) is 25.1 Å². The Morgan fingerprint density at radius 2 is 1.78 bits per heavy atom. The van der Waals surface area contributed by atoms with Crippen LogP contribution >= 0.6 is 0 Å². The molecule has 3 fully saturated rings. The number of benzene rings is 1. The summed E-state index contributed by atoms with van der Waals surface area (Å²) in [5, 5.41) is 23.9. The number of aliphatic hydroxyl groups is 2. The third kappa shape index (κ3) is 3.66. The Hall–Kier alpha value is -1.29. The molecule has 0 bridgehead atoms. The zero-order valence-electron chi connectivity index (χ0n) is 23.5. The first-order valence-corrected chi connectivity index (χ1v) is 16.0. The molecule has 0 amide bonds. The smallest absolute Gasteiger partial charge is 0.200 e. The highest BCUT2D eigenvalue weighted by molar-refractivity contribution is 6.77. The SMILES string of the molecule is COCOc1cccc2c1C1(O)C(O)C[C@H]3C(=O)[C@@]4(C)O[C@H]4[C@H](O[Si](C(C)C)(C(C)C)C(C)C)[C@H]3[C@@H]1C2. The van der Waals surface area contributed by atoms with Crippen LogP contribution in [-0.2, 0) is 30.7 Å². The Kier molecular flexibility index (Phi) is 6.73. The summed E-state index contributed by atoms with van der Waals surface area (Å²) in [6, 6.07) is 5.71. The Morgan fingerprint density at radius 1 is 1.14 bits per heavy atom. The van der Waals surface area contributed by atoms with Crippen LogP contribution in [0.5, 0.6) is 5.75 Å². The molecule has 5 rings (SSSR count). The van der Waals surface area contributed by atoms with Crippen molar-refractivity contribution < 1.29 is 33.6 Å². The highest BCUT2D eigenvalue weighted by Crippen LogP contribution is 2.64. The van der Waals surface area contributed by atoms with Gasteiger partial charge in [-0.1, -0.05) is 53.7 Å². The fourth-order valence-electron chi connectivity index (χ4n) is 8.63. The van der Waals surface area contributed by atoms with E-state index in [-0.39, 0.29) is 43.0 Å². The molecular formula is C29H44O7Si. The van der Waals surface area contributed by atoms with Crippen molar-refractivity contribution in [2.24, 2.45) is 17.8 Å². The minimum absolute atomic E-state index is 0.0428. The zero-order valence-corrected chi connectivity index (χ0v) is 24.5. The van der Waals surface area contributed by atoms with Crippen LogP contribution in [0.2, 0.25) is 16.6 Å². The molecule has 0 aromatic heterocycles. The summed E-state index contributed by atoms with van der Waals surface area (Å²) in [6.45, 7) is 15.5. The number of carbonyl (C=O) groups excluding carboxylic acids is 1. The lowest BCUT2D eigenvalue weighted by Crippen LogP contribution is -2.65. The van der Waals surface area contributed by atoms with Gasteiger partial charge in [0.25, 0.3) is 0 Å². The second-order valence-electron chi connectivity index (χ2n) is 12.8.